The summed E-state index contributed by atoms with van der Waals surface area (Å²) in [6.07, 6.45) is -3.59. The molecule has 1 aliphatic heterocycles. The van der Waals surface area contributed by atoms with Crippen LogP contribution in [0.25, 0.3) is 0 Å². The number of halogens is 1. The van der Waals surface area contributed by atoms with Gasteiger partial charge in [0.2, 0.25) is 6.23 Å². The number of hydrogen-bond donors (Lipinski definition) is 3. The van der Waals surface area contributed by atoms with E-state index < -0.39 is 41.5 Å². The molecule has 1 saturated heterocycles. The monoisotopic (exact) mass is 383 g/mol. The smallest absolute Gasteiger partial charge is 0.390 e. The van der Waals surface area contributed by atoms with Crippen LogP contribution in [0, 0.1) is 10.1 Å². The topological polar surface area (TPSA) is 131 Å². The lowest BCUT2D eigenvalue weighted by molar-refractivity contribution is -0.400. The first-order valence-electron chi connectivity index (χ1n) is 5.40. The quantitative estimate of drug-likeness (QED) is 0.270. The molecule has 0 saturated carbocycles. The van der Waals surface area contributed by atoms with Gasteiger partial charge in [-0.25, -0.2) is 0 Å². The van der Waals surface area contributed by atoms with E-state index in [2.05, 4.69) is 4.98 Å². The molecular formula is C9H12IN3O6. The summed E-state index contributed by atoms with van der Waals surface area (Å²) in [6.45, 7) is 0. The molecule has 0 bridgehead atoms. The molecule has 10 heteroatoms. The summed E-state index contributed by atoms with van der Waals surface area (Å²) in [4.78, 5) is 13.6. The Morgan fingerprint density at radius 2 is 2.11 bits per heavy atom. The van der Waals surface area contributed by atoms with Gasteiger partial charge in [0, 0.05) is 4.43 Å². The first-order valence-corrected chi connectivity index (χ1v) is 6.92. The highest BCUT2D eigenvalue weighted by atomic mass is 125. The number of aromatic nitrogens is 2. The molecule has 0 amide bonds. The van der Waals surface area contributed by atoms with E-state index >= 15 is 0 Å². The van der Waals surface area contributed by atoms with Crippen molar-refractivity contribution in [3.8, 4) is 0 Å². The summed E-state index contributed by atoms with van der Waals surface area (Å²) in [5.41, 5.74) is 0. The van der Waals surface area contributed by atoms with Gasteiger partial charge in [0.15, 0.2) is 0 Å². The van der Waals surface area contributed by atoms with E-state index in [1.165, 1.54) is 12.4 Å². The second kappa shape index (κ2) is 5.66. The van der Waals surface area contributed by atoms with Crippen molar-refractivity contribution in [3.05, 3.63) is 22.5 Å². The third-order valence-corrected chi connectivity index (χ3v) is 3.79. The Labute approximate surface area is 121 Å². The lowest BCUT2D eigenvalue weighted by Crippen LogP contribution is -2.55. The Morgan fingerprint density at radius 3 is 2.68 bits per heavy atom. The number of hydrogen-bond acceptors (Lipinski definition) is 7. The third-order valence-electron chi connectivity index (χ3n) is 2.92. The average Bonchev–Trinajstić information content (AvgIpc) is 2.85. The standard InChI is InChI=1S/C9H12IN3O6/c10-3-4-5(14)6(15)7(16)8(19-4)12-2-1-11-9(12)13(17)18/h1-2,4-8,14-16H,3H2/t4-,5-,6+,7-,8-/m1/s1/i10-2. The van der Waals surface area contributed by atoms with E-state index in [-0.39, 0.29) is 0 Å². The van der Waals surface area contributed by atoms with Crippen molar-refractivity contribution >= 4 is 28.5 Å². The molecule has 19 heavy (non-hydrogen) atoms. The lowest BCUT2D eigenvalue weighted by Gasteiger charge is -2.38. The summed E-state index contributed by atoms with van der Waals surface area (Å²) in [7, 11) is 0. The number of rotatable bonds is 3. The summed E-state index contributed by atoms with van der Waals surface area (Å²) < 4.78 is 6.81. The number of aliphatic hydroxyl groups excluding tert-OH is 3. The minimum Gasteiger partial charge on any atom is -0.390 e. The van der Waals surface area contributed by atoms with Crippen LogP contribution in [0.3, 0.4) is 0 Å². The zero-order valence-electron chi connectivity index (χ0n) is 9.53. The van der Waals surface area contributed by atoms with Crippen LogP contribution in [-0.4, -0.2) is 58.6 Å². The Morgan fingerprint density at radius 1 is 1.42 bits per heavy atom. The molecule has 0 spiro atoms. The zero-order valence-corrected chi connectivity index (χ0v) is 11.7. The van der Waals surface area contributed by atoms with Crippen LogP contribution in [0.1, 0.15) is 6.23 Å². The van der Waals surface area contributed by atoms with Crippen molar-refractivity contribution in [1.29, 1.82) is 0 Å². The second-order valence-corrected chi connectivity index (χ2v) is 4.96. The van der Waals surface area contributed by atoms with Gasteiger partial charge in [-0.15, -0.1) is 0 Å². The van der Waals surface area contributed by atoms with Crippen molar-refractivity contribution in [2.45, 2.75) is 30.6 Å². The number of aliphatic hydroxyl groups is 3. The maximum atomic E-state index is 10.8. The van der Waals surface area contributed by atoms with Crippen LogP contribution < -0.4 is 0 Å². The van der Waals surface area contributed by atoms with Crippen LogP contribution in [0.4, 0.5) is 5.95 Å². The van der Waals surface area contributed by atoms with Gasteiger partial charge in [-0.1, -0.05) is 27.6 Å². The molecule has 1 aromatic rings. The largest absolute Gasteiger partial charge is 0.436 e. The molecule has 106 valence electrons. The molecule has 0 aromatic carbocycles. The molecule has 3 N–H and O–H groups in total. The number of nitrogens with zero attached hydrogens (tertiary/aromatic N) is 3. The molecule has 0 unspecified atom stereocenters. The summed E-state index contributed by atoms with van der Waals surface area (Å²) in [5.74, 6) is -0.500. The van der Waals surface area contributed by atoms with Gasteiger partial charge < -0.3 is 30.2 Å². The highest BCUT2D eigenvalue weighted by molar-refractivity contribution is 14.1. The van der Waals surface area contributed by atoms with E-state index in [1.54, 1.807) is 0 Å². The van der Waals surface area contributed by atoms with Crippen LogP contribution in [0.15, 0.2) is 12.4 Å². The van der Waals surface area contributed by atoms with Crippen molar-refractivity contribution in [3.63, 3.8) is 0 Å². The highest BCUT2D eigenvalue weighted by Gasteiger charge is 2.46. The predicted molar refractivity (Wildman–Crippen MR) is 69.7 cm³/mol. The van der Waals surface area contributed by atoms with E-state index in [9.17, 15) is 25.4 Å². The minimum absolute atomic E-state index is 0.363. The SMILES string of the molecule is O=[N+]([O-])c1nccn1[C@@H]1O[C@H](C[125I])[C@@H](O)[C@H](O)[C@H]1O. The van der Waals surface area contributed by atoms with Crippen LogP contribution in [-0.2, 0) is 4.74 Å². The second-order valence-electron chi connectivity index (χ2n) is 4.08. The predicted octanol–water partition coefficient (Wildman–Crippen LogP) is -0.794. The van der Waals surface area contributed by atoms with Crippen molar-refractivity contribution < 1.29 is 25.0 Å². The van der Waals surface area contributed by atoms with Gasteiger partial charge in [-0.3, -0.25) is 0 Å². The highest BCUT2D eigenvalue weighted by Crippen LogP contribution is 2.31. The fourth-order valence-corrected chi connectivity index (χ4v) is 2.66. The van der Waals surface area contributed by atoms with Crippen molar-refractivity contribution in [2.75, 3.05) is 4.43 Å². The van der Waals surface area contributed by atoms with Crippen molar-refractivity contribution in [1.82, 2.24) is 9.55 Å². The molecule has 0 aliphatic carbocycles. The first-order chi connectivity index (χ1) is 8.97. The van der Waals surface area contributed by atoms with Crippen LogP contribution in [0.2, 0.25) is 0 Å². The van der Waals surface area contributed by atoms with E-state index in [0.717, 1.165) is 4.57 Å². The Balaban J connectivity index is 2.32. The molecule has 2 heterocycles. The van der Waals surface area contributed by atoms with Gasteiger partial charge in [0.1, 0.15) is 30.7 Å². The molecule has 0 radical (unpaired) electrons. The minimum atomic E-state index is -1.48. The Kier molecular flexibility index (Phi) is 4.35. The van der Waals surface area contributed by atoms with Crippen LogP contribution in [0.5, 0.6) is 0 Å². The first kappa shape index (κ1) is 14.6. The van der Waals surface area contributed by atoms with Gasteiger partial charge in [0.25, 0.3) is 0 Å². The number of imidazole rings is 1. The molecular weight excluding hydrogens is 371 g/mol. The maximum Gasteiger partial charge on any atom is 0.436 e. The molecule has 9 nitrogen and oxygen atoms in total. The number of ether oxygens (including phenoxy) is 1. The molecule has 1 aliphatic rings. The molecule has 1 fully saturated rings. The number of alkyl halides is 1. The summed E-state index contributed by atoms with van der Waals surface area (Å²) >= 11 is 1.95. The molecule has 5 atom stereocenters. The van der Waals surface area contributed by atoms with E-state index in [0.29, 0.717) is 4.43 Å². The fraction of sp³-hybridized carbons (Fsp3) is 0.667. The summed E-state index contributed by atoms with van der Waals surface area (Å²) in [6, 6.07) is 0. The summed E-state index contributed by atoms with van der Waals surface area (Å²) in [5, 5.41) is 40.2. The average molecular weight is 383 g/mol. The van der Waals surface area contributed by atoms with Gasteiger partial charge in [-0.05, 0) is 4.92 Å². The van der Waals surface area contributed by atoms with Gasteiger partial charge in [-0.2, -0.15) is 4.57 Å². The third kappa shape index (κ3) is 2.58. The van der Waals surface area contributed by atoms with E-state index in [1.807, 2.05) is 22.6 Å². The zero-order chi connectivity index (χ0) is 14.2. The fourth-order valence-electron chi connectivity index (χ4n) is 1.93. The van der Waals surface area contributed by atoms with Gasteiger partial charge >= 0.3 is 5.95 Å². The lowest BCUT2D eigenvalue weighted by atomic mass is 9.99. The van der Waals surface area contributed by atoms with Gasteiger partial charge in [0.05, 0.1) is 6.10 Å². The van der Waals surface area contributed by atoms with Crippen LogP contribution >= 0.6 is 22.6 Å². The maximum absolute atomic E-state index is 10.8. The normalized spacial score (nSPS) is 35.3. The molecule has 1 aromatic heterocycles. The number of nitro groups is 1. The molecule has 2 rings (SSSR count). The van der Waals surface area contributed by atoms with Crippen molar-refractivity contribution in [2.24, 2.45) is 0 Å². The Bertz CT molecular complexity index is 467. The Hall–Kier alpha value is -0.820. The van der Waals surface area contributed by atoms with E-state index in [4.69, 9.17) is 4.74 Å².